The van der Waals surface area contributed by atoms with E-state index in [1.807, 2.05) is 6.07 Å². The van der Waals surface area contributed by atoms with Crippen LogP contribution in [0.2, 0.25) is 0 Å². The summed E-state index contributed by atoms with van der Waals surface area (Å²) in [6.07, 6.45) is 6.86. The van der Waals surface area contributed by atoms with Crippen LogP contribution >= 0.6 is 0 Å². The summed E-state index contributed by atoms with van der Waals surface area (Å²) in [4.78, 5) is 2.42. The first-order valence-electron chi connectivity index (χ1n) is 7.80. The molecule has 2 atom stereocenters. The fourth-order valence-electron chi connectivity index (χ4n) is 3.90. The van der Waals surface area contributed by atoms with E-state index in [9.17, 15) is 5.26 Å². The second-order valence-electron chi connectivity index (χ2n) is 6.21. The summed E-state index contributed by atoms with van der Waals surface area (Å²) in [5.74, 6) is 1.76. The lowest BCUT2D eigenvalue weighted by molar-refractivity contribution is 0.202. The molecule has 1 saturated heterocycles. The SMILES string of the molecule is N#Cc1cc(CN)ccc1N1CCC2CCCCC2C1. The van der Waals surface area contributed by atoms with E-state index < -0.39 is 0 Å². The van der Waals surface area contributed by atoms with Gasteiger partial charge in [-0.25, -0.2) is 0 Å². The number of anilines is 1. The maximum Gasteiger partial charge on any atom is 0.101 e. The molecule has 2 N–H and O–H groups in total. The third-order valence-electron chi connectivity index (χ3n) is 5.05. The predicted octanol–water partition coefficient (Wildman–Crippen LogP) is 3.03. The molecule has 3 heteroatoms. The van der Waals surface area contributed by atoms with Gasteiger partial charge in [-0.1, -0.05) is 25.3 Å². The van der Waals surface area contributed by atoms with Gasteiger partial charge in [-0.2, -0.15) is 5.26 Å². The Bertz CT molecular complexity index is 517. The molecule has 3 nitrogen and oxygen atoms in total. The molecule has 106 valence electrons. The van der Waals surface area contributed by atoms with Crippen molar-refractivity contribution in [2.45, 2.75) is 38.6 Å². The van der Waals surface area contributed by atoms with Crippen LogP contribution in [0.5, 0.6) is 0 Å². The normalized spacial score (nSPS) is 25.9. The van der Waals surface area contributed by atoms with E-state index in [-0.39, 0.29) is 0 Å². The van der Waals surface area contributed by atoms with E-state index >= 15 is 0 Å². The third kappa shape index (κ3) is 2.53. The Labute approximate surface area is 121 Å². The molecule has 1 aromatic carbocycles. The van der Waals surface area contributed by atoms with Crippen LogP contribution in [0.15, 0.2) is 18.2 Å². The van der Waals surface area contributed by atoms with Crippen LogP contribution in [-0.2, 0) is 6.54 Å². The average Bonchev–Trinajstić information content (AvgIpc) is 2.53. The Morgan fingerprint density at radius 2 is 2.00 bits per heavy atom. The molecular weight excluding hydrogens is 246 g/mol. The molecule has 1 aromatic rings. The van der Waals surface area contributed by atoms with E-state index in [0.29, 0.717) is 6.54 Å². The van der Waals surface area contributed by atoms with Gasteiger partial charge in [0.2, 0.25) is 0 Å². The molecule has 0 spiro atoms. The van der Waals surface area contributed by atoms with Gasteiger partial charge in [0.15, 0.2) is 0 Å². The molecule has 1 aliphatic heterocycles. The lowest BCUT2D eigenvalue weighted by Gasteiger charge is -2.42. The maximum atomic E-state index is 9.38. The van der Waals surface area contributed by atoms with Gasteiger partial charge >= 0.3 is 0 Å². The number of hydrogen-bond donors (Lipinski definition) is 1. The number of nitrogens with zero attached hydrogens (tertiary/aromatic N) is 2. The molecule has 1 aliphatic carbocycles. The van der Waals surface area contributed by atoms with E-state index in [1.165, 1.54) is 32.1 Å². The number of hydrogen-bond acceptors (Lipinski definition) is 3. The zero-order chi connectivity index (χ0) is 13.9. The first kappa shape index (κ1) is 13.5. The number of rotatable bonds is 2. The van der Waals surface area contributed by atoms with Crippen molar-refractivity contribution in [1.29, 1.82) is 5.26 Å². The molecule has 20 heavy (non-hydrogen) atoms. The summed E-state index contributed by atoms with van der Waals surface area (Å²) in [5.41, 5.74) is 8.59. The lowest BCUT2D eigenvalue weighted by Crippen LogP contribution is -2.42. The van der Waals surface area contributed by atoms with Gasteiger partial charge in [0.05, 0.1) is 11.3 Å². The van der Waals surface area contributed by atoms with Crippen LogP contribution in [0, 0.1) is 23.2 Å². The van der Waals surface area contributed by atoms with Crippen LogP contribution in [0.25, 0.3) is 0 Å². The predicted molar refractivity (Wildman–Crippen MR) is 81.3 cm³/mol. The summed E-state index contributed by atoms with van der Waals surface area (Å²) >= 11 is 0. The highest BCUT2D eigenvalue weighted by Crippen LogP contribution is 2.38. The fourth-order valence-corrected chi connectivity index (χ4v) is 3.90. The minimum Gasteiger partial charge on any atom is -0.370 e. The molecule has 3 rings (SSSR count). The van der Waals surface area contributed by atoms with Crippen molar-refractivity contribution in [2.75, 3.05) is 18.0 Å². The molecular formula is C17H23N3. The van der Waals surface area contributed by atoms with E-state index in [0.717, 1.165) is 41.7 Å². The van der Waals surface area contributed by atoms with Gasteiger partial charge in [0, 0.05) is 19.6 Å². The minimum atomic E-state index is 0.500. The molecule has 0 radical (unpaired) electrons. The molecule has 0 amide bonds. The molecule has 0 bridgehead atoms. The maximum absolute atomic E-state index is 9.38. The van der Waals surface area contributed by atoms with E-state index in [4.69, 9.17) is 5.73 Å². The van der Waals surface area contributed by atoms with Crippen molar-refractivity contribution >= 4 is 5.69 Å². The molecule has 1 saturated carbocycles. The van der Waals surface area contributed by atoms with Gasteiger partial charge in [-0.05, 0) is 42.4 Å². The number of piperidine rings is 1. The highest BCUT2D eigenvalue weighted by Gasteiger charge is 2.31. The summed E-state index contributed by atoms with van der Waals surface area (Å²) in [5, 5.41) is 9.38. The second kappa shape index (κ2) is 5.85. The highest BCUT2D eigenvalue weighted by molar-refractivity contribution is 5.60. The van der Waals surface area contributed by atoms with Crippen LogP contribution in [0.3, 0.4) is 0 Å². The van der Waals surface area contributed by atoms with Gasteiger partial charge in [0.25, 0.3) is 0 Å². The van der Waals surface area contributed by atoms with Gasteiger partial charge in [-0.3, -0.25) is 0 Å². The minimum absolute atomic E-state index is 0.500. The molecule has 0 aromatic heterocycles. The first-order valence-corrected chi connectivity index (χ1v) is 7.80. The van der Waals surface area contributed by atoms with Gasteiger partial charge in [-0.15, -0.1) is 0 Å². The average molecular weight is 269 g/mol. The lowest BCUT2D eigenvalue weighted by atomic mass is 9.75. The summed E-state index contributed by atoms with van der Waals surface area (Å²) < 4.78 is 0. The quantitative estimate of drug-likeness (QED) is 0.898. The van der Waals surface area contributed by atoms with Crippen molar-refractivity contribution in [3.63, 3.8) is 0 Å². The van der Waals surface area contributed by atoms with Crippen LogP contribution in [0.4, 0.5) is 5.69 Å². The Hall–Kier alpha value is -1.53. The van der Waals surface area contributed by atoms with Crippen molar-refractivity contribution < 1.29 is 0 Å². The largest absolute Gasteiger partial charge is 0.370 e. The molecule has 2 unspecified atom stereocenters. The second-order valence-corrected chi connectivity index (χ2v) is 6.21. The Kier molecular flexibility index (Phi) is 3.93. The van der Waals surface area contributed by atoms with Crippen molar-refractivity contribution in [3.05, 3.63) is 29.3 Å². The van der Waals surface area contributed by atoms with Crippen LogP contribution in [0.1, 0.15) is 43.2 Å². The number of benzene rings is 1. The summed E-state index contributed by atoms with van der Waals surface area (Å²) in [6, 6.07) is 8.43. The van der Waals surface area contributed by atoms with E-state index in [2.05, 4.69) is 23.1 Å². The standard InChI is InChI=1S/C17H23N3/c18-10-13-5-6-17(16(9-13)11-19)20-8-7-14-3-1-2-4-15(14)12-20/h5-6,9,14-15H,1-4,7-8,10,12,18H2. The van der Waals surface area contributed by atoms with Gasteiger partial charge in [0.1, 0.15) is 6.07 Å². The Morgan fingerprint density at radius 3 is 2.75 bits per heavy atom. The Balaban J connectivity index is 1.81. The summed E-state index contributed by atoms with van der Waals surface area (Å²) in [6.45, 7) is 2.72. The monoisotopic (exact) mass is 269 g/mol. The number of nitriles is 1. The topological polar surface area (TPSA) is 53.1 Å². The zero-order valence-electron chi connectivity index (χ0n) is 12.0. The number of fused-ring (bicyclic) bond motifs is 1. The van der Waals surface area contributed by atoms with E-state index in [1.54, 1.807) is 0 Å². The number of nitrogens with two attached hydrogens (primary N) is 1. The smallest absolute Gasteiger partial charge is 0.101 e. The third-order valence-corrected chi connectivity index (χ3v) is 5.05. The van der Waals surface area contributed by atoms with Crippen LogP contribution < -0.4 is 10.6 Å². The fraction of sp³-hybridized carbons (Fsp3) is 0.588. The van der Waals surface area contributed by atoms with Crippen molar-refractivity contribution in [3.8, 4) is 6.07 Å². The Morgan fingerprint density at radius 1 is 1.20 bits per heavy atom. The van der Waals surface area contributed by atoms with Crippen LogP contribution in [-0.4, -0.2) is 13.1 Å². The zero-order valence-corrected chi connectivity index (χ0v) is 12.0. The molecule has 2 aliphatic rings. The molecule has 1 heterocycles. The van der Waals surface area contributed by atoms with Crippen molar-refractivity contribution in [2.24, 2.45) is 17.6 Å². The van der Waals surface area contributed by atoms with Crippen molar-refractivity contribution in [1.82, 2.24) is 0 Å². The highest BCUT2D eigenvalue weighted by atomic mass is 15.1. The van der Waals surface area contributed by atoms with Gasteiger partial charge < -0.3 is 10.6 Å². The summed E-state index contributed by atoms with van der Waals surface area (Å²) in [7, 11) is 0. The first-order chi connectivity index (χ1) is 9.81. The molecule has 2 fully saturated rings.